The highest BCUT2D eigenvalue weighted by Crippen LogP contribution is 2.27. The Morgan fingerprint density at radius 3 is 2.37 bits per heavy atom. The fraction of sp³-hybridized carbons (Fsp3) is 0.593. The van der Waals surface area contributed by atoms with E-state index >= 15 is 0 Å². The molecule has 1 aromatic rings. The first-order chi connectivity index (χ1) is 16.3. The number of nitrogens with zero attached hydrogens (tertiary/aromatic N) is 1. The number of aryl methyl sites for hydroxylation is 1. The molecule has 0 fully saturated rings. The molecule has 0 heterocycles. The van der Waals surface area contributed by atoms with Gasteiger partial charge in [0.05, 0.1) is 0 Å². The first kappa shape index (κ1) is 29.8. The number of benzene rings is 1. The van der Waals surface area contributed by atoms with Crippen LogP contribution in [0, 0.1) is 25.3 Å². The summed E-state index contributed by atoms with van der Waals surface area (Å²) in [5.41, 5.74) is 0.257. The molecule has 0 bridgehead atoms. The minimum Gasteiger partial charge on any atom is -0.508 e. The second-order valence-electron chi connectivity index (χ2n) is 10.1. The Labute approximate surface area is 209 Å². The van der Waals surface area contributed by atoms with E-state index in [-0.39, 0.29) is 11.7 Å². The molecule has 0 aliphatic carbocycles. The van der Waals surface area contributed by atoms with Gasteiger partial charge in [0.15, 0.2) is 0 Å². The van der Waals surface area contributed by atoms with Crippen molar-refractivity contribution in [3.8, 4) is 18.2 Å². The van der Waals surface area contributed by atoms with Crippen molar-refractivity contribution >= 4 is 17.9 Å². The smallest absolute Gasteiger partial charge is 0.408 e. The SMILES string of the molecule is C#CN(C(=O)C(CC(C)C)NC(=O)OC(C)(C)C)C(C(=O)NCCCCC)c1ccc(O)c(C)c1. The predicted molar refractivity (Wildman–Crippen MR) is 136 cm³/mol. The van der Waals surface area contributed by atoms with Crippen LogP contribution in [0.15, 0.2) is 18.2 Å². The van der Waals surface area contributed by atoms with Crippen LogP contribution in [0.4, 0.5) is 4.79 Å². The van der Waals surface area contributed by atoms with E-state index < -0.39 is 35.6 Å². The van der Waals surface area contributed by atoms with Gasteiger partial charge in [-0.05, 0) is 69.7 Å². The number of alkyl carbamates (subject to hydrolysis) is 1. The Bertz CT molecular complexity index is 914. The summed E-state index contributed by atoms with van der Waals surface area (Å²) in [5, 5.41) is 15.5. The van der Waals surface area contributed by atoms with Gasteiger partial charge in [0.2, 0.25) is 5.91 Å². The summed E-state index contributed by atoms with van der Waals surface area (Å²) in [5.74, 6) is -0.904. The van der Waals surface area contributed by atoms with Crippen LogP contribution >= 0.6 is 0 Å². The molecule has 0 spiro atoms. The summed E-state index contributed by atoms with van der Waals surface area (Å²) in [6.07, 6.45) is 8.09. The largest absolute Gasteiger partial charge is 0.508 e. The minimum atomic E-state index is -1.14. The fourth-order valence-electron chi connectivity index (χ4n) is 3.53. The van der Waals surface area contributed by atoms with E-state index in [2.05, 4.69) is 23.6 Å². The van der Waals surface area contributed by atoms with Crippen LogP contribution in [0.25, 0.3) is 0 Å². The van der Waals surface area contributed by atoms with E-state index in [4.69, 9.17) is 11.2 Å². The topological polar surface area (TPSA) is 108 Å². The molecule has 2 atom stereocenters. The van der Waals surface area contributed by atoms with E-state index in [1.807, 2.05) is 13.8 Å². The second kappa shape index (κ2) is 13.6. The van der Waals surface area contributed by atoms with Crippen LogP contribution in [-0.4, -0.2) is 46.1 Å². The Balaban J connectivity index is 3.34. The summed E-state index contributed by atoms with van der Waals surface area (Å²) >= 11 is 0. The summed E-state index contributed by atoms with van der Waals surface area (Å²) in [6, 6.07) is 4.89. The van der Waals surface area contributed by atoms with Crippen molar-refractivity contribution in [2.24, 2.45) is 5.92 Å². The molecule has 3 amide bonds. The summed E-state index contributed by atoms with van der Waals surface area (Å²) in [4.78, 5) is 40.4. The molecule has 0 saturated heterocycles. The number of terminal acetylenes is 1. The van der Waals surface area contributed by atoms with E-state index in [9.17, 15) is 19.5 Å². The third-order valence-electron chi connectivity index (χ3n) is 5.20. The molecule has 3 N–H and O–H groups in total. The van der Waals surface area contributed by atoms with Crippen molar-refractivity contribution in [1.29, 1.82) is 0 Å². The molecule has 8 heteroatoms. The van der Waals surface area contributed by atoms with Gasteiger partial charge < -0.3 is 20.5 Å². The first-order valence-electron chi connectivity index (χ1n) is 12.2. The standard InChI is InChI=1S/C27H41N3O5/c1-9-11-12-15-28-24(32)23(20-13-14-22(31)19(5)17-20)30(10-2)25(33)21(16-18(3)4)29-26(34)35-27(6,7)8/h2,13-14,17-18,21,23,31H,9,11-12,15-16H2,1,3-8H3,(H,28,32)(H,29,34). The lowest BCUT2D eigenvalue weighted by molar-refractivity contribution is -0.138. The number of ether oxygens (including phenoxy) is 1. The number of hydrogen-bond acceptors (Lipinski definition) is 5. The van der Waals surface area contributed by atoms with Gasteiger partial charge in [0, 0.05) is 12.6 Å². The number of carbonyl (C=O) groups is 3. The molecular formula is C27H41N3O5. The molecule has 8 nitrogen and oxygen atoms in total. The van der Waals surface area contributed by atoms with Crippen LogP contribution in [-0.2, 0) is 14.3 Å². The van der Waals surface area contributed by atoms with Crippen molar-refractivity contribution < 1.29 is 24.2 Å². The Kier molecular flexibility index (Phi) is 11.6. The molecule has 2 unspecified atom stereocenters. The van der Waals surface area contributed by atoms with Gasteiger partial charge in [0.25, 0.3) is 5.91 Å². The molecule has 1 rings (SSSR count). The number of hydrogen-bond donors (Lipinski definition) is 3. The molecule has 194 valence electrons. The van der Waals surface area contributed by atoms with Crippen molar-refractivity contribution in [1.82, 2.24) is 15.5 Å². The molecular weight excluding hydrogens is 446 g/mol. The van der Waals surface area contributed by atoms with Gasteiger partial charge in [-0.2, -0.15) is 0 Å². The van der Waals surface area contributed by atoms with Crippen molar-refractivity contribution in [3.05, 3.63) is 29.3 Å². The summed E-state index contributed by atoms with van der Waals surface area (Å²) in [6.45, 7) is 13.2. The highest BCUT2D eigenvalue weighted by Gasteiger charge is 2.36. The minimum absolute atomic E-state index is 0.0516. The highest BCUT2D eigenvalue weighted by molar-refractivity contribution is 5.93. The maximum atomic E-state index is 13.6. The lowest BCUT2D eigenvalue weighted by Crippen LogP contribution is -2.52. The normalized spacial score (nSPS) is 12.9. The zero-order valence-corrected chi connectivity index (χ0v) is 22.1. The van der Waals surface area contributed by atoms with Crippen LogP contribution in [0.2, 0.25) is 0 Å². The zero-order valence-electron chi connectivity index (χ0n) is 22.1. The van der Waals surface area contributed by atoms with Crippen LogP contribution in [0.3, 0.4) is 0 Å². The monoisotopic (exact) mass is 487 g/mol. The van der Waals surface area contributed by atoms with Crippen molar-refractivity contribution in [2.45, 2.75) is 91.8 Å². The molecule has 0 saturated carbocycles. The van der Waals surface area contributed by atoms with Crippen LogP contribution in [0.5, 0.6) is 5.75 Å². The van der Waals surface area contributed by atoms with E-state index in [1.54, 1.807) is 39.8 Å². The average Bonchev–Trinajstić information content (AvgIpc) is 2.74. The fourth-order valence-corrected chi connectivity index (χ4v) is 3.53. The first-order valence-corrected chi connectivity index (χ1v) is 12.2. The number of phenolic OH excluding ortho intramolecular Hbond substituents is 1. The van der Waals surface area contributed by atoms with Gasteiger partial charge >= 0.3 is 6.09 Å². The van der Waals surface area contributed by atoms with Gasteiger partial charge in [-0.3, -0.25) is 14.5 Å². The van der Waals surface area contributed by atoms with E-state index in [0.717, 1.165) is 24.2 Å². The maximum Gasteiger partial charge on any atom is 0.408 e. The van der Waals surface area contributed by atoms with Gasteiger partial charge in [-0.15, -0.1) is 0 Å². The third kappa shape index (κ3) is 9.89. The number of nitrogens with one attached hydrogen (secondary N) is 2. The third-order valence-corrected chi connectivity index (χ3v) is 5.20. The number of amides is 3. The summed E-state index contributed by atoms with van der Waals surface area (Å²) < 4.78 is 5.33. The maximum absolute atomic E-state index is 13.6. The zero-order chi connectivity index (χ0) is 26.8. The predicted octanol–water partition coefficient (Wildman–Crippen LogP) is 4.41. The molecule has 0 aliphatic heterocycles. The number of rotatable bonds is 11. The van der Waals surface area contributed by atoms with Gasteiger partial charge in [0.1, 0.15) is 23.4 Å². The van der Waals surface area contributed by atoms with Crippen LogP contribution < -0.4 is 10.6 Å². The average molecular weight is 488 g/mol. The molecule has 0 radical (unpaired) electrons. The Hall–Kier alpha value is -3.21. The Morgan fingerprint density at radius 1 is 1.20 bits per heavy atom. The molecule has 1 aromatic carbocycles. The van der Waals surface area contributed by atoms with Gasteiger partial charge in [-0.1, -0.05) is 46.1 Å². The lowest BCUT2D eigenvalue weighted by Gasteiger charge is -2.31. The second-order valence-corrected chi connectivity index (χ2v) is 10.1. The number of carbonyl (C=O) groups excluding carboxylic acids is 3. The molecule has 35 heavy (non-hydrogen) atoms. The quantitative estimate of drug-likeness (QED) is 0.243. The van der Waals surface area contributed by atoms with Crippen molar-refractivity contribution in [3.63, 3.8) is 0 Å². The Morgan fingerprint density at radius 2 is 1.86 bits per heavy atom. The number of unbranched alkanes of at least 4 members (excludes halogenated alkanes) is 2. The summed E-state index contributed by atoms with van der Waals surface area (Å²) in [7, 11) is 0. The number of aromatic hydroxyl groups is 1. The molecule has 0 aromatic heterocycles. The van der Waals surface area contributed by atoms with Crippen LogP contribution in [0.1, 0.15) is 84.4 Å². The van der Waals surface area contributed by atoms with Crippen molar-refractivity contribution in [2.75, 3.05) is 6.54 Å². The number of phenols is 1. The van der Waals surface area contributed by atoms with E-state index in [1.165, 1.54) is 6.07 Å². The molecule has 0 aliphatic rings. The van der Waals surface area contributed by atoms with Gasteiger partial charge in [-0.25, -0.2) is 4.79 Å². The lowest BCUT2D eigenvalue weighted by atomic mass is 9.98. The highest BCUT2D eigenvalue weighted by atomic mass is 16.6. The van der Waals surface area contributed by atoms with E-state index in [0.29, 0.717) is 24.1 Å².